The van der Waals surface area contributed by atoms with Gasteiger partial charge in [-0.15, -0.1) is 0 Å². The van der Waals surface area contributed by atoms with Gasteiger partial charge in [-0.25, -0.2) is 9.37 Å². The van der Waals surface area contributed by atoms with Crippen molar-refractivity contribution in [1.29, 1.82) is 0 Å². The number of carbonyl (C=O) groups is 1. The van der Waals surface area contributed by atoms with Crippen molar-refractivity contribution >= 4 is 40.6 Å². The summed E-state index contributed by atoms with van der Waals surface area (Å²) in [6.45, 7) is 0.490. The average molecular weight is 430 g/mol. The van der Waals surface area contributed by atoms with Crippen LogP contribution < -0.4 is 20.8 Å². The van der Waals surface area contributed by atoms with E-state index in [2.05, 4.69) is 25.9 Å². The Labute approximate surface area is 176 Å². The second-order valence-electron chi connectivity index (χ2n) is 6.39. The van der Waals surface area contributed by atoms with E-state index >= 15 is 0 Å². The number of fused-ring (bicyclic) bond motifs is 1. The van der Waals surface area contributed by atoms with E-state index in [4.69, 9.17) is 21.4 Å². The molecule has 154 valence electrons. The highest BCUT2D eigenvalue weighted by molar-refractivity contribution is 6.34. The number of halogens is 2. The molecule has 10 heteroatoms. The molecule has 2 aromatic carbocycles. The van der Waals surface area contributed by atoms with Gasteiger partial charge in [-0.2, -0.15) is 9.87 Å². The monoisotopic (exact) mass is 429 g/mol. The molecule has 0 saturated heterocycles. The molecule has 1 aromatic heterocycles. The summed E-state index contributed by atoms with van der Waals surface area (Å²) in [6, 6.07) is 10.2. The minimum absolute atomic E-state index is 0.0164. The Hall–Kier alpha value is -3.43. The zero-order valence-corrected chi connectivity index (χ0v) is 16.6. The third kappa shape index (κ3) is 4.27. The highest BCUT2D eigenvalue weighted by Gasteiger charge is 2.14. The lowest BCUT2D eigenvalue weighted by Crippen LogP contribution is -2.18. The number of nitrogens with one attached hydrogen (secondary N) is 3. The van der Waals surface area contributed by atoms with Crippen molar-refractivity contribution < 1.29 is 19.0 Å². The van der Waals surface area contributed by atoms with Gasteiger partial charge in [0.05, 0.1) is 23.4 Å². The Morgan fingerprint density at radius 1 is 1.17 bits per heavy atom. The quantitative estimate of drug-likeness (QED) is 0.528. The molecule has 3 N–H and O–H groups in total. The predicted molar refractivity (Wildman–Crippen MR) is 110 cm³/mol. The maximum atomic E-state index is 14.2. The fourth-order valence-corrected chi connectivity index (χ4v) is 3.13. The second-order valence-corrected chi connectivity index (χ2v) is 6.80. The topological polar surface area (TPSA) is 97.4 Å². The molecule has 1 aliphatic heterocycles. The largest absolute Gasteiger partial charge is 0.355 e. The molecule has 0 saturated carbocycles. The summed E-state index contributed by atoms with van der Waals surface area (Å²) in [7, 11) is 1.52. The van der Waals surface area contributed by atoms with Crippen LogP contribution in [0.5, 0.6) is 5.75 Å². The molecular formula is C20H17ClFN5O3. The van der Waals surface area contributed by atoms with Crippen molar-refractivity contribution in [3.05, 3.63) is 64.6 Å². The van der Waals surface area contributed by atoms with Gasteiger partial charge in [-0.3, -0.25) is 4.79 Å². The standard InChI is InChI=1S/C20H17ClFN5O3/c1-23-19(28)14-5-4-12(8-15(14)21)26-20-24-10-16(22)18(27-20)25-13-3-2-11-6-7-29-30-17(11)9-13/h2-5,8-10H,6-7H2,1H3,(H,23,28)(H2,24,25,26,27). The predicted octanol–water partition coefficient (Wildman–Crippen LogP) is 3.98. The van der Waals surface area contributed by atoms with E-state index in [1.807, 2.05) is 6.07 Å². The molecule has 0 aliphatic carbocycles. The summed E-state index contributed by atoms with van der Waals surface area (Å²) < 4.78 is 14.2. The minimum atomic E-state index is -0.622. The minimum Gasteiger partial charge on any atom is -0.355 e. The number of hydrogen-bond acceptors (Lipinski definition) is 7. The summed E-state index contributed by atoms with van der Waals surface area (Å²) in [4.78, 5) is 30.0. The summed E-state index contributed by atoms with van der Waals surface area (Å²) in [5.41, 5.74) is 2.48. The molecule has 2 heterocycles. The number of nitrogens with zero attached hydrogens (tertiary/aromatic N) is 2. The van der Waals surface area contributed by atoms with E-state index in [0.29, 0.717) is 29.3 Å². The van der Waals surface area contributed by atoms with Crippen molar-refractivity contribution in [2.45, 2.75) is 6.42 Å². The van der Waals surface area contributed by atoms with E-state index in [9.17, 15) is 9.18 Å². The Kier molecular flexibility index (Phi) is 5.64. The van der Waals surface area contributed by atoms with E-state index in [1.54, 1.807) is 30.3 Å². The molecule has 30 heavy (non-hydrogen) atoms. The summed E-state index contributed by atoms with van der Waals surface area (Å²) in [5.74, 6) is -0.207. The van der Waals surface area contributed by atoms with Gasteiger partial charge in [0.25, 0.3) is 5.91 Å². The lowest BCUT2D eigenvalue weighted by atomic mass is 10.1. The third-order valence-electron chi connectivity index (χ3n) is 4.37. The molecule has 0 radical (unpaired) electrons. The van der Waals surface area contributed by atoms with Crippen LogP contribution in [0.25, 0.3) is 0 Å². The fraction of sp³-hybridized carbons (Fsp3) is 0.150. The van der Waals surface area contributed by atoms with Crippen molar-refractivity contribution in [3.63, 3.8) is 0 Å². The van der Waals surface area contributed by atoms with Crippen molar-refractivity contribution in [3.8, 4) is 5.75 Å². The van der Waals surface area contributed by atoms with Gasteiger partial charge in [0, 0.05) is 36.5 Å². The highest BCUT2D eigenvalue weighted by Crippen LogP contribution is 2.29. The average Bonchev–Trinajstić information content (AvgIpc) is 2.75. The van der Waals surface area contributed by atoms with Gasteiger partial charge in [0.1, 0.15) is 0 Å². The van der Waals surface area contributed by atoms with Crippen LogP contribution in [0, 0.1) is 5.82 Å². The van der Waals surface area contributed by atoms with Gasteiger partial charge in [-0.1, -0.05) is 17.7 Å². The van der Waals surface area contributed by atoms with Crippen LogP contribution in [0.2, 0.25) is 5.02 Å². The lowest BCUT2D eigenvalue weighted by molar-refractivity contribution is -0.215. The molecule has 0 fully saturated rings. The van der Waals surface area contributed by atoms with Gasteiger partial charge in [0.2, 0.25) is 5.95 Å². The van der Waals surface area contributed by atoms with E-state index in [-0.39, 0.29) is 22.7 Å². The van der Waals surface area contributed by atoms with Gasteiger partial charge in [0.15, 0.2) is 17.4 Å². The first kappa shape index (κ1) is 19.9. The number of amides is 1. The first-order chi connectivity index (χ1) is 14.5. The van der Waals surface area contributed by atoms with E-state index in [0.717, 1.165) is 18.2 Å². The Morgan fingerprint density at radius 3 is 2.77 bits per heavy atom. The van der Waals surface area contributed by atoms with Crippen molar-refractivity contribution in [2.75, 3.05) is 24.3 Å². The molecule has 0 bridgehead atoms. The normalized spacial score (nSPS) is 12.5. The Morgan fingerprint density at radius 2 is 1.97 bits per heavy atom. The Bertz CT molecular complexity index is 1110. The number of hydrogen-bond donors (Lipinski definition) is 3. The van der Waals surface area contributed by atoms with Gasteiger partial charge in [-0.05, 0) is 24.3 Å². The van der Waals surface area contributed by atoms with E-state index in [1.165, 1.54) is 7.05 Å². The van der Waals surface area contributed by atoms with Crippen LogP contribution in [0.1, 0.15) is 15.9 Å². The van der Waals surface area contributed by atoms with Crippen LogP contribution in [-0.4, -0.2) is 29.5 Å². The Balaban J connectivity index is 1.53. The van der Waals surface area contributed by atoms with Crippen molar-refractivity contribution in [1.82, 2.24) is 15.3 Å². The summed E-state index contributed by atoms with van der Waals surface area (Å²) in [6.07, 6.45) is 1.79. The van der Waals surface area contributed by atoms with Crippen LogP contribution in [0.4, 0.5) is 27.5 Å². The maximum absolute atomic E-state index is 14.2. The molecule has 1 amide bonds. The number of aromatic nitrogens is 2. The lowest BCUT2D eigenvalue weighted by Gasteiger charge is -2.17. The molecule has 0 atom stereocenters. The molecule has 1 aliphatic rings. The molecular weight excluding hydrogens is 413 g/mol. The SMILES string of the molecule is CNC(=O)c1ccc(Nc2ncc(F)c(Nc3ccc4c(c3)OOCC4)n2)cc1Cl. The first-order valence-corrected chi connectivity index (χ1v) is 9.42. The summed E-state index contributed by atoms with van der Waals surface area (Å²) >= 11 is 6.16. The van der Waals surface area contributed by atoms with Crippen LogP contribution >= 0.6 is 11.6 Å². The third-order valence-corrected chi connectivity index (χ3v) is 4.69. The highest BCUT2D eigenvalue weighted by atomic mass is 35.5. The number of benzene rings is 2. The molecule has 8 nitrogen and oxygen atoms in total. The second kappa shape index (κ2) is 8.52. The number of anilines is 4. The molecule has 4 rings (SSSR count). The maximum Gasteiger partial charge on any atom is 0.252 e. The zero-order chi connectivity index (χ0) is 21.1. The van der Waals surface area contributed by atoms with Gasteiger partial charge >= 0.3 is 0 Å². The zero-order valence-electron chi connectivity index (χ0n) is 15.8. The van der Waals surface area contributed by atoms with Crippen LogP contribution in [0.3, 0.4) is 0 Å². The summed E-state index contributed by atoms with van der Waals surface area (Å²) in [5, 5.41) is 8.63. The molecule has 0 unspecified atom stereocenters. The van der Waals surface area contributed by atoms with Crippen LogP contribution in [0.15, 0.2) is 42.6 Å². The fourth-order valence-electron chi connectivity index (χ4n) is 2.87. The van der Waals surface area contributed by atoms with Crippen molar-refractivity contribution in [2.24, 2.45) is 0 Å². The number of rotatable bonds is 5. The molecule has 3 aromatic rings. The molecule has 0 spiro atoms. The van der Waals surface area contributed by atoms with Gasteiger partial charge < -0.3 is 20.8 Å². The smallest absolute Gasteiger partial charge is 0.252 e. The van der Waals surface area contributed by atoms with Crippen LogP contribution in [-0.2, 0) is 11.3 Å². The number of carbonyl (C=O) groups excluding carboxylic acids is 1. The van der Waals surface area contributed by atoms with E-state index < -0.39 is 5.82 Å². The first-order valence-electron chi connectivity index (χ1n) is 9.04.